The van der Waals surface area contributed by atoms with Crippen molar-refractivity contribution in [1.82, 2.24) is 4.98 Å². The second-order valence-electron chi connectivity index (χ2n) is 4.09. The summed E-state index contributed by atoms with van der Waals surface area (Å²) >= 11 is 3.88. The van der Waals surface area contributed by atoms with Gasteiger partial charge in [0.2, 0.25) is 0 Å². The van der Waals surface area contributed by atoms with Crippen molar-refractivity contribution in [2.24, 2.45) is 0 Å². The zero-order chi connectivity index (χ0) is 15.5. The molecule has 0 aromatic carbocycles. The van der Waals surface area contributed by atoms with Gasteiger partial charge in [-0.2, -0.15) is 0 Å². The van der Waals surface area contributed by atoms with Gasteiger partial charge in [0.15, 0.2) is 0 Å². The molecule has 0 saturated heterocycles. The Labute approximate surface area is 136 Å². The molecule has 112 valence electrons. The third kappa shape index (κ3) is 3.21. The molecule has 0 radical (unpaired) electrons. The first kappa shape index (κ1) is 14.8. The lowest BCUT2D eigenvalue weighted by molar-refractivity contribution is -0.380. The zero-order valence-corrected chi connectivity index (χ0v) is 13.4. The second-order valence-corrected chi connectivity index (χ2v) is 6.96. The fourth-order valence-electron chi connectivity index (χ4n) is 1.63. The van der Waals surface area contributed by atoms with Crippen LogP contribution in [0.25, 0.3) is 9.88 Å². The number of nitro groups is 1. The number of nitrogens with zero attached hydrogens (tertiary/aromatic N) is 2. The van der Waals surface area contributed by atoms with Crippen LogP contribution in [-0.2, 0) is 11.3 Å². The molecule has 0 N–H and O–H groups in total. The highest BCUT2D eigenvalue weighted by molar-refractivity contribution is 7.20. The summed E-state index contributed by atoms with van der Waals surface area (Å²) in [6, 6.07) is 6.61. The highest BCUT2D eigenvalue weighted by atomic mass is 32.1. The van der Waals surface area contributed by atoms with E-state index >= 15 is 0 Å². The van der Waals surface area contributed by atoms with Crippen LogP contribution in [0.15, 0.2) is 35.0 Å². The minimum atomic E-state index is -0.580. The molecule has 0 bridgehead atoms. The summed E-state index contributed by atoms with van der Waals surface area (Å²) in [6.07, 6.45) is 0. The monoisotopic (exact) mass is 352 g/mol. The van der Waals surface area contributed by atoms with E-state index in [1.807, 2.05) is 22.9 Å². The van der Waals surface area contributed by atoms with Crippen LogP contribution in [0.5, 0.6) is 0 Å². The van der Waals surface area contributed by atoms with Crippen LogP contribution in [0, 0.1) is 10.1 Å². The zero-order valence-electron chi connectivity index (χ0n) is 10.9. The summed E-state index contributed by atoms with van der Waals surface area (Å²) < 4.78 is 5.13. The Kier molecular flexibility index (Phi) is 4.27. The van der Waals surface area contributed by atoms with Gasteiger partial charge in [0.1, 0.15) is 16.5 Å². The molecular weight excluding hydrogens is 344 g/mol. The number of carbonyl (C=O) groups is 1. The molecule has 3 heterocycles. The van der Waals surface area contributed by atoms with Crippen LogP contribution in [0.2, 0.25) is 0 Å². The Balaban J connectivity index is 1.62. The maximum absolute atomic E-state index is 11.8. The quantitative estimate of drug-likeness (QED) is 0.390. The van der Waals surface area contributed by atoms with Crippen LogP contribution in [0.4, 0.5) is 5.00 Å². The van der Waals surface area contributed by atoms with Gasteiger partial charge in [-0.1, -0.05) is 17.4 Å². The van der Waals surface area contributed by atoms with Crippen molar-refractivity contribution in [1.29, 1.82) is 0 Å². The fourth-order valence-corrected chi connectivity index (χ4v) is 3.97. The Morgan fingerprint density at radius 3 is 2.86 bits per heavy atom. The van der Waals surface area contributed by atoms with Crippen LogP contribution in [-0.4, -0.2) is 15.9 Å². The second kappa shape index (κ2) is 6.34. The average Bonchev–Trinajstić information content (AvgIpc) is 3.23. The van der Waals surface area contributed by atoms with E-state index in [0.29, 0.717) is 5.69 Å². The maximum atomic E-state index is 11.8. The number of aromatic nitrogens is 1. The molecule has 0 aliphatic carbocycles. The molecule has 0 saturated carbocycles. The minimum absolute atomic E-state index is 0.0480. The number of thiophene rings is 2. The van der Waals surface area contributed by atoms with Crippen molar-refractivity contribution in [2.45, 2.75) is 6.61 Å². The third-order valence-corrected chi connectivity index (χ3v) is 5.55. The van der Waals surface area contributed by atoms with Crippen molar-refractivity contribution in [2.75, 3.05) is 0 Å². The molecule has 3 aromatic rings. The standard InChI is InChI=1S/C13H8N2O4S3/c16-13(10-3-4-11(22-10)15(17)18)19-6-8-7-21-12(14-8)9-2-1-5-20-9/h1-5,7H,6H2. The van der Waals surface area contributed by atoms with Crippen LogP contribution in [0.1, 0.15) is 15.4 Å². The van der Waals surface area contributed by atoms with Gasteiger partial charge in [0.05, 0.1) is 15.5 Å². The number of rotatable bonds is 5. The summed E-state index contributed by atoms with van der Waals surface area (Å²) in [5, 5.41) is 15.2. The lowest BCUT2D eigenvalue weighted by Crippen LogP contribution is -2.03. The summed E-state index contributed by atoms with van der Waals surface area (Å²) in [6.45, 7) is 0.0480. The first-order valence-corrected chi connectivity index (χ1v) is 8.60. The van der Waals surface area contributed by atoms with E-state index < -0.39 is 10.9 Å². The molecule has 0 amide bonds. The molecule has 3 rings (SSSR count). The first-order valence-electron chi connectivity index (χ1n) is 6.03. The molecule has 0 unspecified atom stereocenters. The molecular formula is C13H8N2O4S3. The normalized spacial score (nSPS) is 10.5. The van der Waals surface area contributed by atoms with Gasteiger partial charge in [-0.15, -0.1) is 22.7 Å². The number of hydrogen-bond donors (Lipinski definition) is 0. The van der Waals surface area contributed by atoms with Gasteiger partial charge >= 0.3 is 11.0 Å². The van der Waals surface area contributed by atoms with Gasteiger partial charge in [0, 0.05) is 11.4 Å². The Morgan fingerprint density at radius 2 is 2.18 bits per heavy atom. The van der Waals surface area contributed by atoms with E-state index in [9.17, 15) is 14.9 Å². The van der Waals surface area contributed by atoms with Gasteiger partial charge in [0.25, 0.3) is 0 Å². The number of carbonyl (C=O) groups excluding carboxylic acids is 1. The maximum Gasteiger partial charge on any atom is 0.348 e. The largest absolute Gasteiger partial charge is 0.455 e. The average molecular weight is 352 g/mol. The number of hydrogen-bond acceptors (Lipinski definition) is 8. The van der Waals surface area contributed by atoms with E-state index in [1.165, 1.54) is 23.5 Å². The summed E-state index contributed by atoms with van der Waals surface area (Å²) in [4.78, 5) is 27.6. The van der Waals surface area contributed by atoms with Gasteiger partial charge in [-0.3, -0.25) is 10.1 Å². The summed E-state index contributed by atoms with van der Waals surface area (Å²) in [7, 11) is 0. The van der Waals surface area contributed by atoms with Gasteiger partial charge in [-0.05, 0) is 17.5 Å². The number of ether oxygens (including phenoxy) is 1. The van der Waals surface area contributed by atoms with Crippen molar-refractivity contribution in [3.8, 4) is 9.88 Å². The Morgan fingerprint density at radius 1 is 1.32 bits per heavy atom. The molecule has 0 aliphatic rings. The number of thiazole rings is 1. The first-order chi connectivity index (χ1) is 10.6. The van der Waals surface area contributed by atoms with E-state index in [-0.39, 0.29) is 16.5 Å². The molecule has 9 heteroatoms. The molecule has 6 nitrogen and oxygen atoms in total. The van der Waals surface area contributed by atoms with Crippen molar-refractivity contribution < 1.29 is 14.5 Å². The highest BCUT2D eigenvalue weighted by Crippen LogP contribution is 2.28. The van der Waals surface area contributed by atoms with Crippen molar-refractivity contribution >= 4 is 45.0 Å². The van der Waals surface area contributed by atoms with Gasteiger partial charge in [-0.25, -0.2) is 9.78 Å². The molecule has 0 atom stereocenters. The van der Waals surface area contributed by atoms with Gasteiger partial charge < -0.3 is 4.74 Å². The molecule has 0 fully saturated rings. The smallest absolute Gasteiger partial charge is 0.348 e. The molecule has 3 aromatic heterocycles. The van der Waals surface area contributed by atoms with E-state index in [4.69, 9.17) is 4.74 Å². The highest BCUT2D eigenvalue weighted by Gasteiger charge is 2.17. The summed E-state index contributed by atoms with van der Waals surface area (Å²) in [5.74, 6) is -0.580. The van der Waals surface area contributed by atoms with E-state index in [2.05, 4.69) is 4.98 Å². The van der Waals surface area contributed by atoms with Crippen LogP contribution >= 0.6 is 34.0 Å². The van der Waals surface area contributed by atoms with E-state index in [1.54, 1.807) is 11.3 Å². The Hall–Kier alpha value is -2.10. The predicted molar refractivity (Wildman–Crippen MR) is 85.5 cm³/mol. The van der Waals surface area contributed by atoms with E-state index in [0.717, 1.165) is 21.2 Å². The fraction of sp³-hybridized carbons (Fsp3) is 0.0769. The summed E-state index contributed by atoms with van der Waals surface area (Å²) in [5.41, 5.74) is 0.660. The van der Waals surface area contributed by atoms with Crippen LogP contribution in [0.3, 0.4) is 0 Å². The Bertz CT molecular complexity index is 807. The number of esters is 1. The van der Waals surface area contributed by atoms with Crippen molar-refractivity contribution in [3.05, 3.63) is 55.7 Å². The lowest BCUT2D eigenvalue weighted by Gasteiger charge is -1.99. The minimum Gasteiger partial charge on any atom is -0.455 e. The molecule has 22 heavy (non-hydrogen) atoms. The third-order valence-electron chi connectivity index (χ3n) is 2.61. The lowest BCUT2D eigenvalue weighted by atomic mass is 10.4. The predicted octanol–water partition coefficient (Wildman–Crippen LogP) is 4.20. The molecule has 0 aliphatic heterocycles. The topological polar surface area (TPSA) is 82.3 Å². The van der Waals surface area contributed by atoms with Crippen LogP contribution < -0.4 is 0 Å². The SMILES string of the molecule is O=C(OCc1csc(-c2cccs2)n1)c1ccc([N+](=O)[O-])s1. The molecule has 0 spiro atoms. The van der Waals surface area contributed by atoms with Crippen molar-refractivity contribution in [3.63, 3.8) is 0 Å².